The number of benzene rings is 1. The lowest BCUT2D eigenvalue weighted by molar-refractivity contribution is 0.102. The number of hydrogen-bond acceptors (Lipinski definition) is 4. The maximum absolute atomic E-state index is 12.1. The van der Waals surface area contributed by atoms with Gasteiger partial charge in [-0.05, 0) is 36.8 Å². The minimum Gasteiger partial charge on any atom is -0.322 e. The van der Waals surface area contributed by atoms with Crippen LogP contribution in [0.15, 0.2) is 55.2 Å². The summed E-state index contributed by atoms with van der Waals surface area (Å²) in [4.78, 5) is 20.1. The van der Waals surface area contributed by atoms with Crippen LogP contribution < -0.4 is 5.32 Å². The fourth-order valence-electron chi connectivity index (χ4n) is 2.00. The highest BCUT2D eigenvalue weighted by molar-refractivity contribution is 6.04. The van der Waals surface area contributed by atoms with E-state index in [9.17, 15) is 4.79 Å². The Labute approximate surface area is 127 Å². The van der Waals surface area contributed by atoms with Gasteiger partial charge in [-0.3, -0.25) is 9.78 Å². The van der Waals surface area contributed by atoms with Gasteiger partial charge in [0.05, 0.1) is 12.1 Å². The van der Waals surface area contributed by atoms with Gasteiger partial charge in [0, 0.05) is 17.6 Å². The van der Waals surface area contributed by atoms with E-state index in [0.29, 0.717) is 12.1 Å². The molecule has 110 valence electrons. The predicted molar refractivity (Wildman–Crippen MR) is 82.5 cm³/mol. The molecule has 22 heavy (non-hydrogen) atoms. The Bertz CT molecular complexity index is 748. The molecule has 1 aromatic carbocycles. The third kappa shape index (κ3) is 3.35. The highest BCUT2D eigenvalue weighted by atomic mass is 16.1. The highest BCUT2D eigenvalue weighted by Gasteiger charge is 2.06. The van der Waals surface area contributed by atoms with Crippen LogP contribution in [-0.4, -0.2) is 25.7 Å². The second kappa shape index (κ2) is 6.17. The van der Waals surface area contributed by atoms with E-state index in [-0.39, 0.29) is 5.91 Å². The monoisotopic (exact) mass is 293 g/mol. The summed E-state index contributed by atoms with van der Waals surface area (Å²) in [5.41, 5.74) is 3.25. The summed E-state index contributed by atoms with van der Waals surface area (Å²) >= 11 is 0. The van der Waals surface area contributed by atoms with Crippen molar-refractivity contribution in [3.8, 4) is 0 Å². The van der Waals surface area contributed by atoms with Crippen molar-refractivity contribution in [1.82, 2.24) is 19.7 Å². The van der Waals surface area contributed by atoms with Crippen molar-refractivity contribution in [2.24, 2.45) is 0 Å². The lowest BCUT2D eigenvalue weighted by atomic mass is 10.2. The Hall–Kier alpha value is -3.02. The minimum absolute atomic E-state index is 0.170. The lowest BCUT2D eigenvalue weighted by Gasteiger charge is -2.07. The first-order chi connectivity index (χ1) is 10.7. The zero-order valence-electron chi connectivity index (χ0n) is 12.1. The fourth-order valence-corrected chi connectivity index (χ4v) is 2.00. The molecule has 2 aromatic heterocycles. The summed E-state index contributed by atoms with van der Waals surface area (Å²) in [7, 11) is 0. The van der Waals surface area contributed by atoms with Crippen LogP contribution in [0.5, 0.6) is 0 Å². The molecule has 1 amide bonds. The average Bonchev–Trinajstić information content (AvgIpc) is 3.03. The topological polar surface area (TPSA) is 72.7 Å². The quantitative estimate of drug-likeness (QED) is 0.801. The second-order valence-corrected chi connectivity index (χ2v) is 4.93. The Kier molecular flexibility index (Phi) is 3.91. The molecule has 0 unspecified atom stereocenters. The first-order valence-corrected chi connectivity index (χ1v) is 6.86. The van der Waals surface area contributed by atoms with Gasteiger partial charge in [-0.1, -0.05) is 12.1 Å². The molecule has 6 heteroatoms. The number of hydrogen-bond donors (Lipinski definition) is 1. The largest absolute Gasteiger partial charge is 0.322 e. The Morgan fingerprint density at radius 1 is 1.18 bits per heavy atom. The molecule has 0 saturated heterocycles. The zero-order chi connectivity index (χ0) is 15.4. The number of nitrogens with zero attached hydrogens (tertiary/aromatic N) is 4. The molecular weight excluding hydrogens is 278 g/mol. The molecule has 6 nitrogen and oxygen atoms in total. The van der Waals surface area contributed by atoms with E-state index in [4.69, 9.17) is 0 Å². The number of aryl methyl sites for hydroxylation is 1. The maximum Gasteiger partial charge on any atom is 0.257 e. The molecular formula is C16H15N5O. The number of anilines is 1. The van der Waals surface area contributed by atoms with Crippen LogP contribution in [0.3, 0.4) is 0 Å². The fraction of sp³-hybridized carbons (Fsp3) is 0.125. The van der Waals surface area contributed by atoms with Gasteiger partial charge in [-0.15, -0.1) is 0 Å². The normalized spacial score (nSPS) is 10.4. The molecule has 0 aliphatic carbocycles. The second-order valence-electron chi connectivity index (χ2n) is 4.93. The first kappa shape index (κ1) is 13.9. The molecule has 0 bridgehead atoms. The standard InChI is InChI=1S/C16H15N5O/c1-12-2-5-14(8-18-12)16(22)20-15-6-3-13(4-7-15)9-21-11-17-10-19-21/h2-8,10-11H,9H2,1H3,(H,20,22). The molecule has 0 radical (unpaired) electrons. The van der Waals surface area contributed by atoms with Crippen molar-refractivity contribution in [3.63, 3.8) is 0 Å². The highest BCUT2D eigenvalue weighted by Crippen LogP contribution is 2.12. The van der Waals surface area contributed by atoms with Crippen LogP contribution in [0.2, 0.25) is 0 Å². The maximum atomic E-state index is 12.1. The van der Waals surface area contributed by atoms with Gasteiger partial charge in [-0.25, -0.2) is 9.67 Å². The van der Waals surface area contributed by atoms with Crippen LogP contribution in [0.4, 0.5) is 5.69 Å². The van der Waals surface area contributed by atoms with E-state index in [1.165, 1.54) is 6.33 Å². The van der Waals surface area contributed by atoms with Crippen molar-refractivity contribution in [2.45, 2.75) is 13.5 Å². The summed E-state index contributed by atoms with van der Waals surface area (Å²) in [5, 5.41) is 6.91. The number of carbonyl (C=O) groups excluding carboxylic acids is 1. The molecule has 0 spiro atoms. The molecule has 3 rings (SSSR count). The number of nitrogens with one attached hydrogen (secondary N) is 1. The summed E-state index contributed by atoms with van der Waals surface area (Å²) in [6.45, 7) is 2.53. The van der Waals surface area contributed by atoms with Crippen molar-refractivity contribution in [1.29, 1.82) is 0 Å². The van der Waals surface area contributed by atoms with E-state index >= 15 is 0 Å². The average molecular weight is 293 g/mol. The van der Waals surface area contributed by atoms with Crippen molar-refractivity contribution >= 4 is 11.6 Å². The smallest absolute Gasteiger partial charge is 0.257 e. The van der Waals surface area contributed by atoms with E-state index in [0.717, 1.165) is 16.9 Å². The van der Waals surface area contributed by atoms with Gasteiger partial charge in [0.1, 0.15) is 12.7 Å². The SMILES string of the molecule is Cc1ccc(C(=O)Nc2ccc(Cn3cncn3)cc2)cn1. The molecule has 0 aliphatic heterocycles. The lowest BCUT2D eigenvalue weighted by Crippen LogP contribution is -2.12. The number of carbonyl (C=O) groups is 1. The number of aromatic nitrogens is 4. The van der Waals surface area contributed by atoms with Gasteiger partial charge in [0.15, 0.2) is 0 Å². The van der Waals surface area contributed by atoms with Crippen LogP contribution in [0, 0.1) is 6.92 Å². The summed E-state index contributed by atoms with van der Waals surface area (Å²) in [5.74, 6) is -0.170. The Balaban J connectivity index is 1.65. The van der Waals surface area contributed by atoms with Gasteiger partial charge >= 0.3 is 0 Å². The van der Waals surface area contributed by atoms with Crippen molar-refractivity contribution in [2.75, 3.05) is 5.32 Å². The van der Waals surface area contributed by atoms with Gasteiger partial charge in [0.25, 0.3) is 5.91 Å². The third-order valence-electron chi connectivity index (χ3n) is 3.20. The Morgan fingerprint density at radius 2 is 2.00 bits per heavy atom. The van der Waals surface area contributed by atoms with E-state index in [2.05, 4.69) is 20.4 Å². The summed E-state index contributed by atoms with van der Waals surface area (Å²) in [6.07, 6.45) is 4.74. The molecule has 1 N–H and O–H groups in total. The van der Waals surface area contributed by atoms with Crippen molar-refractivity contribution in [3.05, 3.63) is 72.1 Å². The van der Waals surface area contributed by atoms with Crippen LogP contribution in [0.25, 0.3) is 0 Å². The van der Waals surface area contributed by atoms with E-state index < -0.39 is 0 Å². The van der Waals surface area contributed by atoms with E-state index in [1.54, 1.807) is 23.3 Å². The number of amides is 1. The first-order valence-electron chi connectivity index (χ1n) is 6.86. The van der Waals surface area contributed by atoms with Gasteiger partial charge in [0.2, 0.25) is 0 Å². The van der Waals surface area contributed by atoms with Crippen LogP contribution >= 0.6 is 0 Å². The number of rotatable bonds is 4. The third-order valence-corrected chi connectivity index (χ3v) is 3.20. The molecule has 3 aromatic rings. The van der Waals surface area contributed by atoms with Gasteiger partial charge < -0.3 is 5.32 Å². The molecule has 0 atom stereocenters. The molecule has 0 saturated carbocycles. The zero-order valence-corrected chi connectivity index (χ0v) is 12.1. The summed E-state index contributed by atoms with van der Waals surface area (Å²) in [6, 6.07) is 11.2. The van der Waals surface area contributed by atoms with Crippen LogP contribution in [0.1, 0.15) is 21.6 Å². The van der Waals surface area contributed by atoms with Crippen LogP contribution in [-0.2, 0) is 6.54 Å². The van der Waals surface area contributed by atoms with Crippen molar-refractivity contribution < 1.29 is 4.79 Å². The summed E-state index contributed by atoms with van der Waals surface area (Å²) < 4.78 is 1.74. The molecule has 0 aliphatic rings. The van der Waals surface area contributed by atoms with E-state index in [1.807, 2.05) is 37.3 Å². The number of pyridine rings is 1. The molecule has 2 heterocycles. The Morgan fingerprint density at radius 3 is 2.64 bits per heavy atom. The van der Waals surface area contributed by atoms with Gasteiger partial charge in [-0.2, -0.15) is 5.10 Å². The predicted octanol–water partition coefficient (Wildman–Crippen LogP) is 2.28. The minimum atomic E-state index is -0.170. The molecule has 0 fully saturated rings.